The van der Waals surface area contributed by atoms with Gasteiger partial charge in [0, 0.05) is 6.54 Å². The minimum Gasteiger partial charge on any atom is -0.480 e. The standard InChI is InChI=1S/C15H28N2O3/c1-4-11(3)12(13(18)19)17-14(20)16-10-15(5-2)8-6-7-9-15/h11-12H,4-10H2,1-3H3,(H,18,19)(H2,16,17,20)/t11?,12-/m0/s1. The first-order chi connectivity index (χ1) is 9.44. The Morgan fingerprint density at radius 2 is 1.85 bits per heavy atom. The molecule has 1 fully saturated rings. The number of nitrogens with one attached hydrogen (secondary N) is 2. The third kappa shape index (κ3) is 4.39. The molecule has 0 aromatic rings. The summed E-state index contributed by atoms with van der Waals surface area (Å²) >= 11 is 0. The van der Waals surface area contributed by atoms with Crippen LogP contribution in [0.1, 0.15) is 59.3 Å². The second-order valence-electron chi connectivity index (χ2n) is 6.09. The molecule has 1 saturated carbocycles. The first-order valence-corrected chi connectivity index (χ1v) is 7.71. The van der Waals surface area contributed by atoms with Crippen molar-refractivity contribution in [3.63, 3.8) is 0 Å². The zero-order valence-electron chi connectivity index (χ0n) is 12.9. The highest BCUT2D eigenvalue weighted by Gasteiger charge is 2.33. The molecule has 20 heavy (non-hydrogen) atoms. The highest BCUT2D eigenvalue weighted by molar-refractivity contribution is 5.82. The van der Waals surface area contributed by atoms with E-state index in [0.29, 0.717) is 6.54 Å². The Kier molecular flexibility index (Phi) is 6.30. The van der Waals surface area contributed by atoms with Crippen molar-refractivity contribution in [1.82, 2.24) is 10.6 Å². The van der Waals surface area contributed by atoms with Gasteiger partial charge in [-0.2, -0.15) is 0 Å². The molecular weight excluding hydrogens is 256 g/mol. The van der Waals surface area contributed by atoms with Crippen LogP contribution in [0.4, 0.5) is 4.79 Å². The van der Waals surface area contributed by atoms with Gasteiger partial charge < -0.3 is 15.7 Å². The summed E-state index contributed by atoms with van der Waals surface area (Å²) < 4.78 is 0. The van der Waals surface area contributed by atoms with E-state index >= 15 is 0 Å². The van der Waals surface area contributed by atoms with E-state index < -0.39 is 12.0 Å². The summed E-state index contributed by atoms with van der Waals surface area (Å²) in [6.45, 7) is 6.56. The molecule has 0 saturated heterocycles. The zero-order valence-corrected chi connectivity index (χ0v) is 12.9. The van der Waals surface area contributed by atoms with Crippen molar-refractivity contribution in [2.24, 2.45) is 11.3 Å². The number of amides is 2. The summed E-state index contributed by atoms with van der Waals surface area (Å²) in [4.78, 5) is 23.1. The molecule has 2 atom stereocenters. The molecule has 0 spiro atoms. The maximum absolute atomic E-state index is 11.9. The Morgan fingerprint density at radius 3 is 2.30 bits per heavy atom. The quantitative estimate of drug-likeness (QED) is 0.672. The molecule has 0 aromatic heterocycles. The lowest BCUT2D eigenvalue weighted by Gasteiger charge is -2.28. The summed E-state index contributed by atoms with van der Waals surface area (Å²) in [6.07, 6.45) is 6.52. The summed E-state index contributed by atoms with van der Waals surface area (Å²) in [5, 5.41) is 14.6. The Balaban J connectivity index is 2.47. The molecule has 0 heterocycles. The Bertz CT molecular complexity index is 338. The van der Waals surface area contributed by atoms with Crippen LogP contribution >= 0.6 is 0 Å². The van der Waals surface area contributed by atoms with E-state index in [4.69, 9.17) is 5.11 Å². The fraction of sp³-hybridized carbons (Fsp3) is 0.867. The third-order valence-electron chi connectivity index (χ3n) is 4.80. The number of rotatable bonds is 7. The van der Waals surface area contributed by atoms with Gasteiger partial charge in [0.05, 0.1) is 0 Å². The summed E-state index contributed by atoms with van der Waals surface area (Å²) in [5.41, 5.74) is 0.215. The lowest BCUT2D eigenvalue weighted by atomic mass is 9.83. The van der Waals surface area contributed by atoms with Crippen LogP contribution in [0.2, 0.25) is 0 Å². The number of carbonyl (C=O) groups is 2. The average molecular weight is 284 g/mol. The van der Waals surface area contributed by atoms with Crippen molar-refractivity contribution < 1.29 is 14.7 Å². The maximum Gasteiger partial charge on any atom is 0.326 e. The first kappa shape index (κ1) is 16.8. The normalized spacial score (nSPS) is 20.1. The Labute approximate surface area is 121 Å². The van der Waals surface area contributed by atoms with E-state index in [1.165, 1.54) is 12.8 Å². The minimum atomic E-state index is -0.972. The highest BCUT2D eigenvalue weighted by atomic mass is 16.4. The van der Waals surface area contributed by atoms with E-state index in [-0.39, 0.29) is 17.4 Å². The number of carboxylic acids is 1. The monoisotopic (exact) mass is 284 g/mol. The molecule has 3 N–H and O–H groups in total. The van der Waals surface area contributed by atoms with Crippen molar-refractivity contribution in [3.8, 4) is 0 Å². The van der Waals surface area contributed by atoms with Crippen molar-refractivity contribution in [1.29, 1.82) is 0 Å². The Morgan fingerprint density at radius 1 is 1.25 bits per heavy atom. The first-order valence-electron chi connectivity index (χ1n) is 7.71. The van der Waals surface area contributed by atoms with Crippen molar-refractivity contribution in [2.75, 3.05) is 6.54 Å². The molecule has 5 nitrogen and oxygen atoms in total. The molecule has 0 bridgehead atoms. The van der Waals surface area contributed by atoms with Crippen LogP contribution in [0.5, 0.6) is 0 Å². The van der Waals surface area contributed by atoms with Gasteiger partial charge in [-0.05, 0) is 30.6 Å². The second-order valence-corrected chi connectivity index (χ2v) is 6.09. The number of carbonyl (C=O) groups excluding carboxylic acids is 1. The predicted octanol–water partition coefficient (Wildman–Crippen LogP) is 2.76. The molecule has 1 aliphatic carbocycles. The molecular formula is C15H28N2O3. The van der Waals surface area contributed by atoms with Gasteiger partial charge in [-0.1, -0.05) is 40.0 Å². The van der Waals surface area contributed by atoms with Crippen LogP contribution in [0.3, 0.4) is 0 Å². The largest absolute Gasteiger partial charge is 0.480 e. The lowest BCUT2D eigenvalue weighted by Crippen LogP contribution is -2.50. The molecule has 2 amide bonds. The molecule has 0 aromatic carbocycles. The molecule has 0 aliphatic heterocycles. The van der Waals surface area contributed by atoms with E-state index in [1.807, 2.05) is 13.8 Å². The number of hydrogen-bond acceptors (Lipinski definition) is 2. The second kappa shape index (κ2) is 7.50. The van der Waals surface area contributed by atoms with Crippen LogP contribution in [-0.4, -0.2) is 29.7 Å². The van der Waals surface area contributed by atoms with Gasteiger partial charge in [0.2, 0.25) is 0 Å². The number of aliphatic carboxylic acids is 1. The molecule has 1 unspecified atom stereocenters. The maximum atomic E-state index is 11.9. The van der Waals surface area contributed by atoms with Crippen LogP contribution < -0.4 is 10.6 Å². The van der Waals surface area contributed by atoms with Gasteiger partial charge in [0.1, 0.15) is 6.04 Å². The van der Waals surface area contributed by atoms with Gasteiger partial charge in [-0.3, -0.25) is 0 Å². The molecule has 116 valence electrons. The van der Waals surface area contributed by atoms with Crippen molar-refractivity contribution in [2.45, 2.75) is 65.3 Å². The van der Waals surface area contributed by atoms with Gasteiger partial charge in [0.15, 0.2) is 0 Å². The fourth-order valence-corrected chi connectivity index (χ4v) is 2.92. The van der Waals surface area contributed by atoms with Crippen LogP contribution in [0.25, 0.3) is 0 Å². The molecule has 1 rings (SSSR count). The zero-order chi connectivity index (χ0) is 15.2. The fourth-order valence-electron chi connectivity index (χ4n) is 2.92. The van der Waals surface area contributed by atoms with E-state index in [1.54, 1.807) is 0 Å². The number of urea groups is 1. The molecule has 0 radical (unpaired) electrons. The molecule has 1 aliphatic rings. The average Bonchev–Trinajstić information content (AvgIpc) is 2.91. The summed E-state index contributed by atoms with van der Waals surface area (Å²) in [5.74, 6) is -1.05. The topological polar surface area (TPSA) is 78.4 Å². The van der Waals surface area contributed by atoms with Gasteiger partial charge in [-0.25, -0.2) is 9.59 Å². The molecule has 5 heteroatoms. The Hall–Kier alpha value is -1.26. The smallest absolute Gasteiger partial charge is 0.326 e. The lowest BCUT2D eigenvalue weighted by molar-refractivity contribution is -0.140. The number of carboxylic acid groups (broad SMARTS) is 1. The number of hydrogen-bond donors (Lipinski definition) is 3. The van der Waals surface area contributed by atoms with E-state index in [2.05, 4.69) is 17.6 Å². The van der Waals surface area contributed by atoms with Crippen LogP contribution in [0.15, 0.2) is 0 Å². The van der Waals surface area contributed by atoms with E-state index in [0.717, 1.165) is 25.7 Å². The summed E-state index contributed by atoms with van der Waals surface area (Å²) in [6, 6.07) is -1.18. The summed E-state index contributed by atoms with van der Waals surface area (Å²) in [7, 11) is 0. The minimum absolute atomic E-state index is 0.0788. The SMILES string of the molecule is CCC(C)[C@H](NC(=O)NCC1(CC)CCCC1)C(=O)O. The third-order valence-corrected chi connectivity index (χ3v) is 4.80. The van der Waals surface area contributed by atoms with Crippen LogP contribution in [-0.2, 0) is 4.79 Å². The predicted molar refractivity (Wildman–Crippen MR) is 78.6 cm³/mol. The highest BCUT2D eigenvalue weighted by Crippen LogP contribution is 2.40. The van der Waals surface area contributed by atoms with Crippen molar-refractivity contribution >= 4 is 12.0 Å². The van der Waals surface area contributed by atoms with E-state index in [9.17, 15) is 9.59 Å². The van der Waals surface area contributed by atoms with Crippen LogP contribution in [0, 0.1) is 11.3 Å². The van der Waals surface area contributed by atoms with Crippen molar-refractivity contribution in [3.05, 3.63) is 0 Å². The van der Waals surface area contributed by atoms with Gasteiger partial charge in [-0.15, -0.1) is 0 Å². The van der Waals surface area contributed by atoms with Gasteiger partial charge in [0.25, 0.3) is 0 Å². The van der Waals surface area contributed by atoms with Gasteiger partial charge >= 0.3 is 12.0 Å².